The van der Waals surface area contributed by atoms with Crippen molar-refractivity contribution in [1.29, 1.82) is 0 Å². The molecule has 7 nitrogen and oxygen atoms in total. The first-order valence-electron chi connectivity index (χ1n) is 8.92. The van der Waals surface area contributed by atoms with Crippen molar-refractivity contribution < 1.29 is 9.53 Å². The van der Waals surface area contributed by atoms with Crippen LogP contribution in [0.5, 0.6) is 5.75 Å². The lowest BCUT2D eigenvalue weighted by atomic mass is 10.2. The van der Waals surface area contributed by atoms with E-state index in [0.29, 0.717) is 23.1 Å². The Hall–Kier alpha value is -3.26. The van der Waals surface area contributed by atoms with Gasteiger partial charge in [0.1, 0.15) is 23.0 Å². The van der Waals surface area contributed by atoms with Crippen molar-refractivity contribution in [1.82, 2.24) is 19.6 Å². The summed E-state index contributed by atoms with van der Waals surface area (Å²) in [4.78, 5) is 17.0. The van der Waals surface area contributed by atoms with Gasteiger partial charge in [0.15, 0.2) is 0 Å². The number of hydrogen-bond donors (Lipinski definition) is 1. The average molecular weight is 393 g/mol. The standard InChI is InChI=1S/C20H19N5O2S/c1-3-17-23-24-20(28-17)22-19(26)14-7-4-8-16(10-14)27-12-15-11-25-9-5-6-13(2)18(25)21-15/h4-11H,3,12H2,1-2H3,(H,22,24,26). The van der Waals surface area contributed by atoms with Crippen LogP contribution in [0.25, 0.3) is 5.65 Å². The van der Waals surface area contributed by atoms with E-state index >= 15 is 0 Å². The Morgan fingerprint density at radius 2 is 2.14 bits per heavy atom. The fourth-order valence-electron chi connectivity index (χ4n) is 2.77. The Morgan fingerprint density at radius 1 is 1.25 bits per heavy atom. The molecule has 28 heavy (non-hydrogen) atoms. The number of pyridine rings is 1. The van der Waals surface area contributed by atoms with Crippen LogP contribution in [-0.4, -0.2) is 25.5 Å². The number of aromatic nitrogens is 4. The van der Waals surface area contributed by atoms with E-state index in [1.165, 1.54) is 11.3 Å². The van der Waals surface area contributed by atoms with Gasteiger partial charge in [-0.3, -0.25) is 10.1 Å². The first kappa shape index (κ1) is 18.1. The van der Waals surface area contributed by atoms with Gasteiger partial charge in [0.05, 0.1) is 5.69 Å². The van der Waals surface area contributed by atoms with Gasteiger partial charge in [0, 0.05) is 18.0 Å². The quantitative estimate of drug-likeness (QED) is 0.537. The normalized spacial score (nSPS) is 10.9. The summed E-state index contributed by atoms with van der Waals surface area (Å²) in [6, 6.07) is 11.1. The molecule has 1 N–H and O–H groups in total. The van der Waals surface area contributed by atoms with E-state index in [0.717, 1.165) is 28.3 Å². The summed E-state index contributed by atoms with van der Waals surface area (Å²) in [6.07, 6.45) is 4.69. The molecule has 1 amide bonds. The van der Waals surface area contributed by atoms with Crippen molar-refractivity contribution in [3.63, 3.8) is 0 Å². The summed E-state index contributed by atoms with van der Waals surface area (Å²) >= 11 is 1.37. The van der Waals surface area contributed by atoms with Gasteiger partial charge in [-0.1, -0.05) is 30.4 Å². The molecule has 3 heterocycles. The molecule has 0 saturated heterocycles. The van der Waals surface area contributed by atoms with Gasteiger partial charge in [-0.2, -0.15) is 0 Å². The van der Waals surface area contributed by atoms with E-state index in [1.807, 2.05) is 48.8 Å². The van der Waals surface area contributed by atoms with Gasteiger partial charge >= 0.3 is 0 Å². The molecule has 4 aromatic rings. The minimum atomic E-state index is -0.243. The van der Waals surface area contributed by atoms with Crippen LogP contribution in [-0.2, 0) is 13.0 Å². The van der Waals surface area contributed by atoms with Crippen LogP contribution in [0.1, 0.15) is 33.5 Å². The molecule has 0 spiro atoms. The van der Waals surface area contributed by atoms with E-state index in [1.54, 1.807) is 18.2 Å². The minimum absolute atomic E-state index is 0.243. The smallest absolute Gasteiger partial charge is 0.257 e. The van der Waals surface area contributed by atoms with Crippen molar-refractivity contribution in [2.24, 2.45) is 0 Å². The van der Waals surface area contributed by atoms with Crippen LogP contribution in [0.2, 0.25) is 0 Å². The molecule has 0 saturated carbocycles. The monoisotopic (exact) mass is 393 g/mol. The molecule has 0 aliphatic carbocycles. The van der Waals surface area contributed by atoms with Crippen molar-refractivity contribution in [2.45, 2.75) is 26.9 Å². The summed E-state index contributed by atoms with van der Waals surface area (Å²) in [5, 5.41) is 12.1. The number of anilines is 1. The third-order valence-corrected chi connectivity index (χ3v) is 5.18. The zero-order valence-corrected chi connectivity index (χ0v) is 16.4. The van der Waals surface area contributed by atoms with E-state index in [4.69, 9.17) is 4.74 Å². The number of carbonyl (C=O) groups is 1. The van der Waals surface area contributed by atoms with Crippen LogP contribution >= 0.6 is 11.3 Å². The Labute approximate surface area is 166 Å². The Bertz CT molecular complexity index is 1130. The number of fused-ring (bicyclic) bond motifs is 1. The first-order chi connectivity index (χ1) is 13.6. The van der Waals surface area contributed by atoms with Gasteiger partial charge < -0.3 is 9.14 Å². The molecule has 1 aromatic carbocycles. The van der Waals surface area contributed by atoms with Crippen LogP contribution in [0.3, 0.4) is 0 Å². The van der Waals surface area contributed by atoms with Gasteiger partial charge in [-0.15, -0.1) is 10.2 Å². The summed E-state index contributed by atoms with van der Waals surface area (Å²) in [5.74, 6) is 0.362. The molecule has 0 unspecified atom stereocenters. The molecular weight excluding hydrogens is 374 g/mol. The molecule has 0 fully saturated rings. The number of carbonyl (C=O) groups excluding carboxylic acids is 1. The topological polar surface area (TPSA) is 81.4 Å². The van der Waals surface area contributed by atoms with Crippen molar-refractivity contribution >= 4 is 28.0 Å². The highest BCUT2D eigenvalue weighted by molar-refractivity contribution is 7.15. The fraction of sp³-hybridized carbons (Fsp3) is 0.200. The van der Waals surface area contributed by atoms with Crippen molar-refractivity contribution in [3.05, 3.63) is 70.6 Å². The maximum Gasteiger partial charge on any atom is 0.257 e. The second-order valence-corrected chi connectivity index (χ2v) is 7.34. The Balaban J connectivity index is 1.44. The zero-order valence-electron chi connectivity index (χ0n) is 15.5. The lowest BCUT2D eigenvalue weighted by Gasteiger charge is -2.06. The number of rotatable bonds is 6. The number of amides is 1. The van der Waals surface area contributed by atoms with E-state index < -0.39 is 0 Å². The number of ether oxygens (including phenoxy) is 1. The van der Waals surface area contributed by atoms with Crippen LogP contribution in [0.4, 0.5) is 5.13 Å². The third kappa shape index (κ3) is 3.86. The van der Waals surface area contributed by atoms with Crippen molar-refractivity contribution in [3.8, 4) is 5.75 Å². The summed E-state index contributed by atoms with van der Waals surface area (Å²) in [7, 11) is 0. The molecule has 0 aliphatic rings. The number of imidazole rings is 1. The number of nitrogens with one attached hydrogen (secondary N) is 1. The Morgan fingerprint density at radius 3 is 2.93 bits per heavy atom. The summed E-state index contributed by atoms with van der Waals surface area (Å²) < 4.78 is 7.82. The lowest BCUT2D eigenvalue weighted by Crippen LogP contribution is -2.11. The van der Waals surface area contributed by atoms with Crippen molar-refractivity contribution in [2.75, 3.05) is 5.32 Å². The van der Waals surface area contributed by atoms with Gasteiger partial charge in [0.25, 0.3) is 5.91 Å². The number of hydrogen-bond acceptors (Lipinski definition) is 6. The largest absolute Gasteiger partial charge is 0.487 e. The Kier molecular flexibility index (Phi) is 5.03. The van der Waals surface area contributed by atoms with Crippen LogP contribution in [0.15, 0.2) is 48.8 Å². The lowest BCUT2D eigenvalue weighted by molar-refractivity contribution is 0.102. The third-order valence-electron chi connectivity index (χ3n) is 4.20. The molecule has 8 heteroatoms. The van der Waals surface area contributed by atoms with Gasteiger partial charge in [0.2, 0.25) is 5.13 Å². The molecule has 0 atom stereocenters. The molecule has 0 radical (unpaired) electrons. The highest BCUT2D eigenvalue weighted by Crippen LogP contribution is 2.19. The highest BCUT2D eigenvalue weighted by Gasteiger charge is 2.11. The second kappa shape index (κ2) is 7.77. The second-order valence-electron chi connectivity index (χ2n) is 6.28. The highest BCUT2D eigenvalue weighted by atomic mass is 32.1. The molecule has 3 aromatic heterocycles. The maximum atomic E-state index is 12.4. The van der Waals surface area contributed by atoms with E-state index in [2.05, 4.69) is 20.5 Å². The number of nitrogens with zero attached hydrogens (tertiary/aromatic N) is 4. The van der Waals surface area contributed by atoms with Crippen LogP contribution < -0.4 is 10.1 Å². The van der Waals surface area contributed by atoms with E-state index in [9.17, 15) is 4.79 Å². The predicted octanol–water partition coefficient (Wildman–Crippen LogP) is 3.89. The minimum Gasteiger partial charge on any atom is -0.487 e. The van der Waals surface area contributed by atoms with Gasteiger partial charge in [-0.25, -0.2) is 4.98 Å². The first-order valence-corrected chi connectivity index (χ1v) is 9.74. The van der Waals surface area contributed by atoms with Gasteiger partial charge in [-0.05, 0) is 43.2 Å². The molecular formula is C20H19N5O2S. The molecule has 142 valence electrons. The zero-order chi connectivity index (χ0) is 19.5. The summed E-state index contributed by atoms with van der Waals surface area (Å²) in [6.45, 7) is 4.34. The molecule has 0 bridgehead atoms. The average Bonchev–Trinajstić information content (AvgIpc) is 3.34. The SMILES string of the molecule is CCc1nnc(NC(=O)c2cccc(OCc3cn4cccc(C)c4n3)c2)s1. The molecule has 4 rings (SSSR count). The number of benzene rings is 1. The fourth-order valence-corrected chi connectivity index (χ4v) is 3.45. The maximum absolute atomic E-state index is 12.4. The van der Waals surface area contributed by atoms with E-state index in [-0.39, 0.29) is 5.91 Å². The summed E-state index contributed by atoms with van der Waals surface area (Å²) in [5.41, 5.74) is 3.34. The molecule has 0 aliphatic heterocycles. The van der Waals surface area contributed by atoms with Crippen LogP contribution in [0, 0.1) is 6.92 Å². The predicted molar refractivity (Wildman–Crippen MR) is 108 cm³/mol. The number of aryl methyl sites for hydroxylation is 2.